The van der Waals surface area contributed by atoms with Crippen molar-refractivity contribution in [1.29, 1.82) is 5.26 Å². The van der Waals surface area contributed by atoms with Crippen LogP contribution in [0.1, 0.15) is 25.3 Å². The van der Waals surface area contributed by atoms with Crippen molar-refractivity contribution in [1.82, 2.24) is 5.32 Å². The van der Waals surface area contributed by atoms with E-state index < -0.39 is 5.92 Å². The maximum absolute atomic E-state index is 11.9. The van der Waals surface area contributed by atoms with Gasteiger partial charge < -0.3 is 10.4 Å². The molecule has 0 aliphatic heterocycles. The van der Waals surface area contributed by atoms with E-state index in [1.165, 1.54) is 0 Å². The Hall–Kier alpha value is -1.86. The molecular formula is C15H20N2O2. The van der Waals surface area contributed by atoms with Gasteiger partial charge in [0.1, 0.15) is 5.92 Å². The first kappa shape index (κ1) is 15.2. The summed E-state index contributed by atoms with van der Waals surface area (Å²) in [7, 11) is 0. The molecule has 102 valence electrons. The van der Waals surface area contributed by atoms with E-state index >= 15 is 0 Å². The lowest BCUT2D eigenvalue weighted by Crippen LogP contribution is -2.42. The number of nitrogens with zero attached hydrogens (tertiary/aromatic N) is 1. The summed E-state index contributed by atoms with van der Waals surface area (Å²) in [5.74, 6) is -0.922. The lowest BCUT2D eigenvalue weighted by molar-refractivity contribution is -0.124. The van der Waals surface area contributed by atoms with Gasteiger partial charge in [0.05, 0.1) is 18.7 Å². The third-order valence-electron chi connectivity index (χ3n) is 2.94. The fourth-order valence-corrected chi connectivity index (χ4v) is 1.90. The molecular weight excluding hydrogens is 240 g/mol. The minimum atomic E-state index is -0.630. The molecule has 0 aliphatic carbocycles. The number of hydrogen-bond acceptors (Lipinski definition) is 3. The molecule has 1 aromatic carbocycles. The second-order valence-corrected chi connectivity index (χ2v) is 4.55. The quantitative estimate of drug-likeness (QED) is 0.783. The summed E-state index contributed by atoms with van der Waals surface area (Å²) in [6, 6.07) is 11.3. The van der Waals surface area contributed by atoms with E-state index in [-0.39, 0.29) is 18.6 Å². The molecule has 4 nitrogen and oxygen atoms in total. The van der Waals surface area contributed by atoms with E-state index in [0.717, 1.165) is 12.0 Å². The normalized spacial score (nSPS) is 13.3. The zero-order valence-corrected chi connectivity index (χ0v) is 11.2. The Bertz CT molecular complexity index is 426. The smallest absolute Gasteiger partial charge is 0.237 e. The Balaban J connectivity index is 2.57. The third-order valence-corrected chi connectivity index (χ3v) is 2.94. The first-order valence-electron chi connectivity index (χ1n) is 6.56. The molecule has 1 amide bonds. The summed E-state index contributed by atoms with van der Waals surface area (Å²) in [5, 5.41) is 21.0. The average Bonchev–Trinajstić information content (AvgIpc) is 2.44. The van der Waals surface area contributed by atoms with E-state index in [0.29, 0.717) is 12.8 Å². The van der Waals surface area contributed by atoms with Crippen molar-refractivity contribution < 1.29 is 9.90 Å². The molecule has 0 aromatic heterocycles. The van der Waals surface area contributed by atoms with Crippen molar-refractivity contribution in [3.63, 3.8) is 0 Å². The number of aliphatic hydroxyl groups is 1. The van der Waals surface area contributed by atoms with Gasteiger partial charge in [0.2, 0.25) is 5.91 Å². The highest BCUT2D eigenvalue weighted by atomic mass is 16.3. The molecule has 2 N–H and O–H groups in total. The van der Waals surface area contributed by atoms with Crippen LogP contribution in [0.25, 0.3) is 0 Å². The zero-order valence-electron chi connectivity index (χ0n) is 11.2. The Kier molecular flexibility index (Phi) is 6.62. The van der Waals surface area contributed by atoms with Crippen LogP contribution in [-0.4, -0.2) is 23.7 Å². The molecule has 19 heavy (non-hydrogen) atoms. The number of rotatable bonds is 7. The molecule has 0 bridgehead atoms. The summed E-state index contributed by atoms with van der Waals surface area (Å²) in [6.45, 7) is 1.80. The standard InChI is InChI=1S/C15H20N2O2/c1-2-6-13(10-16)15(19)17-14(11-18)9-12-7-4-3-5-8-12/h3-5,7-8,13-14,18H,2,6,9,11H2,1H3,(H,17,19)/t13?,14-/m1/s1. The van der Waals surface area contributed by atoms with E-state index in [4.69, 9.17) is 5.26 Å². The maximum atomic E-state index is 11.9. The fourth-order valence-electron chi connectivity index (χ4n) is 1.90. The van der Waals surface area contributed by atoms with E-state index in [2.05, 4.69) is 5.32 Å². The van der Waals surface area contributed by atoms with E-state index in [9.17, 15) is 9.90 Å². The number of carbonyl (C=O) groups excluding carboxylic acids is 1. The van der Waals surface area contributed by atoms with Crippen LogP contribution in [0.4, 0.5) is 0 Å². The van der Waals surface area contributed by atoms with Crippen molar-refractivity contribution >= 4 is 5.91 Å². The van der Waals surface area contributed by atoms with Gasteiger partial charge in [-0.05, 0) is 18.4 Å². The molecule has 1 aromatic rings. The van der Waals surface area contributed by atoms with Gasteiger partial charge in [-0.15, -0.1) is 0 Å². The van der Waals surface area contributed by atoms with Crippen molar-refractivity contribution in [3.8, 4) is 6.07 Å². The van der Waals surface area contributed by atoms with Crippen LogP contribution >= 0.6 is 0 Å². The molecule has 0 aliphatic rings. The molecule has 4 heteroatoms. The first-order chi connectivity index (χ1) is 9.21. The molecule has 0 heterocycles. The molecule has 0 radical (unpaired) electrons. The number of hydrogen-bond donors (Lipinski definition) is 2. The summed E-state index contributed by atoms with van der Waals surface area (Å²) in [4.78, 5) is 11.9. The predicted octanol–water partition coefficient (Wildman–Crippen LogP) is 1.65. The number of amides is 1. The molecule has 1 rings (SSSR count). The number of benzene rings is 1. The maximum Gasteiger partial charge on any atom is 0.237 e. The Morgan fingerprint density at radius 3 is 2.63 bits per heavy atom. The highest BCUT2D eigenvalue weighted by molar-refractivity contribution is 5.81. The minimum absolute atomic E-state index is 0.134. The highest BCUT2D eigenvalue weighted by Crippen LogP contribution is 2.07. The van der Waals surface area contributed by atoms with Crippen molar-refractivity contribution in [2.75, 3.05) is 6.61 Å². The van der Waals surface area contributed by atoms with Crippen LogP contribution in [0.15, 0.2) is 30.3 Å². The van der Waals surface area contributed by atoms with E-state index in [1.54, 1.807) is 0 Å². The van der Waals surface area contributed by atoms with Crippen molar-refractivity contribution in [2.45, 2.75) is 32.2 Å². The molecule has 0 saturated carbocycles. The fraction of sp³-hybridized carbons (Fsp3) is 0.467. The van der Waals surface area contributed by atoms with Gasteiger partial charge in [-0.25, -0.2) is 0 Å². The number of nitriles is 1. The van der Waals surface area contributed by atoms with Crippen LogP contribution in [0.2, 0.25) is 0 Å². The van der Waals surface area contributed by atoms with Gasteiger partial charge >= 0.3 is 0 Å². The molecule has 0 saturated heterocycles. The van der Waals surface area contributed by atoms with Gasteiger partial charge in [-0.1, -0.05) is 43.7 Å². The van der Waals surface area contributed by atoms with Crippen LogP contribution in [0, 0.1) is 17.2 Å². The lowest BCUT2D eigenvalue weighted by atomic mass is 10.0. The van der Waals surface area contributed by atoms with E-state index in [1.807, 2.05) is 43.3 Å². The second kappa shape index (κ2) is 8.28. The van der Waals surface area contributed by atoms with Gasteiger partial charge in [-0.2, -0.15) is 5.26 Å². The Morgan fingerprint density at radius 1 is 1.42 bits per heavy atom. The third kappa shape index (κ3) is 5.11. The van der Waals surface area contributed by atoms with Crippen LogP contribution in [0.5, 0.6) is 0 Å². The topological polar surface area (TPSA) is 73.1 Å². The lowest BCUT2D eigenvalue weighted by Gasteiger charge is -2.18. The van der Waals surface area contributed by atoms with Crippen LogP contribution in [-0.2, 0) is 11.2 Å². The van der Waals surface area contributed by atoms with Gasteiger partial charge in [0.15, 0.2) is 0 Å². The van der Waals surface area contributed by atoms with Crippen molar-refractivity contribution in [3.05, 3.63) is 35.9 Å². The molecule has 2 atom stereocenters. The SMILES string of the molecule is CCCC(C#N)C(=O)N[C@@H](CO)Cc1ccccc1. The highest BCUT2D eigenvalue weighted by Gasteiger charge is 2.20. The van der Waals surface area contributed by atoms with Crippen LogP contribution in [0.3, 0.4) is 0 Å². The predicted molar refractivity (Wildman–Crippen MR) is 73.2 cm³/mol. The summed E-state index contributed by atoms with van der Waals surface area (Å²) < 4.78 is 0. The van der Waals surface area contributed by atoms with Crippen LogP contribution < -0.4 is 5.32 Å². The van der Waals surface area contributed by atoms with Gasteiger partial charge in [-0.3, -0.25) is 4.79 Å². The summed E-state index contributed by atoms with van der Waals surface area (Å²) in [5.41, 5.74) is 1.05. The Morgan fingerprint density at radius 2 is 2.11 bits per heavy atom. The number of aliphatic hydroxyl groups excluding tert-OH is 1. The molecule has 0 spiro atoms. The molecule has 1 unspecified atom stereocenters. The first-order valence-corrected chi connectivity index (χ1v) is 6.56. The summed E-state index contributed by atoms with van der Waals surface area (Å²) >= 11 is 0. The largest absolute Gasteiger partial charge is 0.394 e. The second-order valence-electron chi connectivity index (χ2n) is 4.55. The van der Waals surface area contributed by atoms with Crippen molar-refractivity contribution in [2.24, 2.45) is 5.92 Å². The van der Waals surface area contributed by atoms with Gasteiger partial charge in [0, 0.05) is 0 Å². The Labute approximate surface area is 114 Å². The number of nitrogens with one attached hydrogen (secondary N) is 1. The summed E-state index contributed by atoms with van der Waals surface area (Å²) in [6.07, 6.45) is 1.90. The average molecular weight is 260 g/mol. The zero-order chi connectivity index (χ0) is 14.1. The monoisotopic (exact) mass is 260 g/mol. The minimum Gasteiger partial charge on any atom is -0.394 e. The van der Waals surface area contributed by atoms with Gasteiger partial charge in [0.25, 0.3) is 0 Å². The number of carbonyl (C=O) groups is 1. The molecule has 0 fully saturated rings.